The first kappa shape index (κ1) is 16.7. The van der Waals surface area contributed by atoms with Crippen molar-refractivity contribution in [2.75, 3.05) is 13.7 Å². The number of hydrogen-bond acceptors (Lipinski definition) is 4. The SMILES string of the molecule is CN1C(=O)N/C(=C/c2cc(Br)c(OCC(=O)O)c(I)c2)C1=O. The number of rotatable bonds is 4. The molecule has 22 heavy (non-hydrogen) atoms. The van der Waals surface area contributed by atoms with Crippen molar-refractivity contribution in [1.82, 2.24) is 10.2 Å². The van der Waals surface area contributed by atoms with Crippen LogP contribution in [0.25, 0.3) is 6.08 Å². The van der Waals surface area contributed by atoms with Gasteiger partial charge < -0.3 is 15.2 Å². The fraction of sp³-hybridized carbons (Fsp3) is 0.154. The summed E-state index contributed by atoms with van der Waals surface area (Å²) in [4.78, 5) is 34.7. The molecule has 0 unspecified atom stereocenters. The number of carbonyl (C=O) groups excluding carboxylic acids is 2. The topological polar surface area (TPSA) is 95.9 Å². The molecule has 2 N–H and O–H groups in total. The van der Waals surface area contributed by atoms with Gasteiger partial charge in [0.1, 0.15) is 11.4 Å². The smallest absolute Gasteiger partial charge is 0.341 e. The maximum Gasteiger partial charge on any atom is 0.341 e. The van der Waals surface area contributed by atoms with Crippen LogP contribution in [0, 0.1) is 3.57 Å². The molecule has 1 heterocycles. The molecule has 0 bridgehead atoms. The molecule has 0 aromatic heterocycles. The molecule has 0 saturated carbocycles. The van der Waals surface area contributed by atoms with Crippen LogP contribution in [0.2, 0.25) is 0 Å². The van der Waals surface area contributed by atoms with Gasteiger partial charge in [-0.3, -0.25) is 9.69 Å². The standard InChI is InChI=1S/C13H10BrIN2O5/c1-17-12(20)9(16-13(17)21)4-6-2-7(14)11(8(15)3-6)22-5-10(18)19/h2-4H,5H2,1H3,(H,16,21)(H,18,19)/b9-4+. The highest BCUT2D eigenvalue weighted by Crippen LogP contribution is 2.32. The molecule has 1 saturated heterocycles. The summed E-state index contributed by atoms with van der Waals surface area (Å²) < 4.78 is 6.41. The maximum atomic E-state index is 11.8. The number of carbonyl (C=O) groups is 3. The number of nitrogens with zero attached hydrogens (tertiary/aromatic N) is 1. The Balaban J connectivity index is 2.29. The van der Waals surface area contributed by atoms with Crippen LogP contribution in [0.4, 0.5) is 4.79 Å². The van der Waals surface area contributed by atoms with Crippen molar-refractivity contribution in [1.29, 1.82) is 0 Å². The molecule has 116 valence electrons. The van der Waals surface area contributed by atoms with Gasteiger partial charge in [0.15, 0.2) is 6.61 Å². The van der Waals surface area contributed by atoms with E-state index in [2.05, 4.69) is 21.2 Å². The van der Waals surface area contributed by atoms with Crippen LogP contribution < -0.4 is 10.1 Å². The van der Waals surface area contributed by atoms with E-state index in [0.717, 1.165) is 4.90 Å². The molecule has 3 amide bonds. The van der Waals surface area contributed by atoms with E-state index in [1.54, 1.807) is 12.1 Å². The predicted molar refractivity (Wildman–Crippen MR) is 89.3 cm³/mol. The van der Waals surface area contributed by atoms with Crippen LogP contribution in [0.3, 0.4) is 0 Å². The van der Waals surface area contributed by atoms with Crippen LogP contribution in [0.5, 0.6) is 5.75 Å². The molecular formula is C13H10BrIN2O5. The van der Waals surface area contributed by atoms with Gasteiger partial charge in [-0.15, -0.1) is 0 Å². The van der Waals surface area contributed by atoms with Gasteiger partial charge in [-0.25, -0.2) is 9.59 Å². The molecule has 1 fully saturated rings. The summed E-state index contributed by atoms with van der Waals surface area (Å²) in [6.07, 6.45) is 1.54. The Labute approximate surface area is 147 Å². The molecule has 1 aliphatic rings. The van der Waals surface area contributed by atoms with Crippen LogP contribution in [-0.2, 0) is 9.59 Å². The Bertz CT molecular complexity index is 681. The Morgan fingerprint density at radius 2 is 2.18 bits per heavy atom. The number of hydrogen-bond donors (Lipinski definition) is 2. The van der Waals surface area contributed by atoms with Gasteiger partial charge in [0.05, 0.1) is 8.04 Å². The second-order valence-corrected chi connectivity index (χ2v) is 6.36. The normalized spacial score (nSPS) is 16.1. The number of likely N-dealkylation sites (N-methyl/N-ethyl adjacent to an activating group) is 1. The molecule has 2 rings (SSSR count). The van der Waals surface area contributed by atoms with Crippen molar-refractivity contribution in [2.45, 2.75) is 0 Å². The van der Waals surface area contributed by atoms with Gasteiger partial charge in [-0.2, -0.15) is 0 Å². The second kappa shape index (κ2) is 6.65. The monoisotopic (exact) mass is 480 g/mol. The minimum atomic E-state index is -1.07. The molecular weight excluding hydrogens is 471 g/mol. The number of carboxylic acid groups (broad SMARTS) is 1. The summed E-state index contributed by atoms with van der Waals surface area (Å²) >= 11 is 5.30. The van der Waals surface area contributed by atoms with E-state index in [1.807, 2.05) is 22.6 Å². The minimum Gasteiger partial charge on any atom is -0.480 e. The number of imide groups is 1. The molecule has 7 nitrogen and oxygen atoms in total. The summed E-state index contributed by atoms with van der Waals surface area (Å²) in [6, 6.07) is 2.91. The quantitative estimate of drug-likeness (QED) is 0.390. The minimum absolute atomic E-state index is 0.175. The molecule has 0 radical (unpaired) electrons. The number of ether oxygens (including phenoxy) is 1. The van der Waals surface area contributed by atoms with Gasteiger partial charge >= 0.3 is 12.0 Å². The average molecular weight is 481 g/mol. The number of aliphatic carboxylic acids is 1. The first-order chi connectivity index (χ1) is 10.3. The summed E-state index contributed by atoms with van der Waals surface area (Å²) in [7, 11) is 1.39. The third-order valence-electron chi connectivity index (χ3n) is 2.75. The molecule has 1 aromatic carbocycles. The molecule has 0 spiro atoms. The van der Waals surface area contributed by atoms with E-state index in [0.29, 0.717) is 19.4 Å². The van der Waals surface area contributed by atoms with E-state index in [9.17, 15) is 14.4 Å². The molecule has 0 atom stereocenters. The van der Waals surface area contributed by atoms with Crippen LogP contribution >= 0.6 is 38.5 Å². The number of amides is 3. The second-order valence-electron chi connectivity index (χ2n) is 4.35. The Morgan fingerprint density at radius 1 is 1.50 bits per heavy atom. The highest BCUT2D eigenvalue weighted by molar-refractivity contribution is 14.1. The van der Waals surface area contributed by atoms with Crippen molar-refractivity contribution >= 4 is 62.5 Å². The zero-order valence-electron chi connectivity index (χ0n) is 11.2. The van der Waals surface area contributed by atoms with Crippen LogP contribution in [-0.4, -0.2) is 41.6 Å². The van der Waals surface area contributed by atoms with Gasteiger partial charge in [-0.1, -0.05) is 0 Å². The third kappa shape index (κ3) is 3.58. The van der Waals surface area contributed by atoms with E-state index >= 15 is 0 Å². The Morgan fingerprint density at radius 3 is 2.68 bits per heavy atom. The van der Waals surface area contributed by atoms with Gasteiger partial charge in [0, 0.05) is 7.05 Å². The van der Waals surface area contributed by atoms with Crippen LogP contribution in [0.15, 0.2) is 22.3 Å². The number of halogens is 2. The molecule has 9 heteroatoms. The van der Waals surface area contributed by atoms with Crippen LogP contribution in [0.1, 0.15) is 5.56 Å². The lowest BCUT2D eigenvalue weighted by Gasteiger charge is -2.09. The average Bonchev–Trinajstić information content (AvgIpc) is 2.65. The fourth-order valence-electron chi connectivity index (χ4n) is 1.72. The third-order valence-corrected chi connectivity index (χ3v) is 4.14. The summed E-state index contributed by atoms with van der Waals surface area (Å²) in [5.41, 5.74) is 0.840. The number of benzene rings is 1. The lowest BCUT2D eigenvalue weighted by Crippen LogP contribution is -2.25. The summed E-state index contributed by atoms with van der Waals surface area (Å²) in [5, 5.41) is 11.1. The number of nitrogens with one attached hydrogen (secondary N) is 1. The van der Waals surface area contributed by atoms with Crippen molar-refractivity contribution in [2.24, 2.45) is 0 Å². The molecule has 0 aliphatic carbocycles. The lowest BCUT2D eigenvalue weighted by molar-refractivity contribution is -0.139. The summed E-state index contributed by atoms with van der Waals surface area (Å²) in [6.45, 7) is -0.450. The molecule has 1 aliphatic heterocycles. The van der Waals surface area contributed by atoms with Gasteiger partial charge in [-0.05, 0) is 62.3 Å². The molecule has 1 aromatic rings. The van der Waals surface area contributed by atoms with Gasteiger partial charge in [0.2, 0.25) is 0 Å². The summed E-state index contributed by atoms with van der Waals surface area (Å²) in [5.74, 6) is -1.08. The first-order valence-electron chi connectivity index (χ1n) is 5.94. The van der Waals surface area contributed by atoms with E-state index in [-0.39, 0.29) is 5.70 Å². The van der Waals surface area contributed by atoms with E-state index in [1.165, 1.54) is 13.1 Å². The number of carboxylic acids is 1. The zero-order valence-corrected chi connectivity index (χ0v) is 15.0. The largest absolute Gasteiger partial charge is 0.480 e. The Kier molecular flexibility index (Phi) is 5.06. The predicted octanol–water partition coefficient (Wildman–Crippen LogP) is 2.04. The highest BCUT2D eigenvalue weighted by Gasteiger charge is 2.30. The van der Waals surface area contributed by atoms with Crippen molar-refractivity contribution in [3.8, 4) is 5.75 Å². The first-order valence-corrected chi connectivity index (χ1v) is 7.81. The van der Waals surface area contributed by atoms with E-state index < -0.39 is 24.5 Å². The van der Waals surface area contributed by atoms with Crippen molar-refractivity contribution in [3.63, 3.8) is 0 Å². The number of urea groups is 1. The van der Waals surface area contributed by atoms with E-state index in [4.69, 9.17) is 9.84 Å². The zero-order chi connectivity index (χ0) is 16.4. The Hall–Kier alpha value is -1.62. The van der Waals surface area contributed by atoms with Crippen molar-refractivity contribution in [3.05, 3.63) is 31.4 Å². The highest BCUT2D eigenvalue weighted by atomic mass is 127. The maximum absolute atomic E-state index is 11.8. The van der Waals surface area contributed by atoms with Crippen molar-refractivity contribution < 1.29 is 24.2 Å². The lowest BCUT2D eigenvalue weighted by atomic mass is 10.2. The van der Waals surface area contributed by atoms with Gasteiger partial charge in [0.25, 0.3) is 5.91 Å². The fourth-order valence-corrected chi connectivity index (χ4v) is 3.49.